The summed E-state index contributed by atoms with van der Waals surface area (Å²) < 4.78 is 1.88. The van der Waals surface area contributed by atoms with Gasteiger partial charge in [-0.1, -0.05) is 47.2 Å². The van der Waals surface area contributed by atoms with Crippen molar-refractivity contribution in [1.29, 1.82) is 0 Å². The van der Waals surface area contributed by atoms with Crippen LogP contribution in [0.15, 0.2) is 60.0 Å². The van der Waals surface area contributed by atoms with Crippen LogP contribution in [0.2, 0.25) is 0 Å². The molecule has 160 valence electrons. The topological polar surface area (TPSA) is 71.3 Å². The number of hydrogen-bond donors (Lipinski definition) is 0. The van der Waals surface area contributed by atoms with E-state index in [-0.39, 0.29) is 17.6 Å². The van der Waals surface area contributed by atoms with Crippen molar-refractivity contribution in [2.24, 2.45) is 0 Å². The first-order chi connectivity index (χ1) is 15.0. The van der Waals surface area contributed by atoms with Crippen molar-refractivity contribution in [1.82, 2.24) is 24.6 Å². The normalized spacial score (nSPS) is 14.0. The predicted octanol–water partition coefficient (Wildman–Crippen LogP) is 2.96. The van der Waals surface area contributed by atoms with E-state index in [1.54, 1.807) is 6.33 Å². The molecule has 2 aromatic carbocycles. The highest BCUT2D eigenvalue weighted by molar-refractivity contribution is 7.99. The number of carbonyl (C=O) groups excluding carboxylic acids is 2. The minimum Gasteiger partial charge on any atom is -0.338 e. The van der Waals surface area contributed by atoms with Gasteiger partial charge in [0.2, 0.25) is 5.91 Å². The molecule has 0 N–H and O–H groups in total. The number of thioether (sulfide) groups is 1. The zero-order chi connectivity index (χ0) is 21.8. The zero-order valence-electron chi connectivity index (χ0n) is 17.7. The van der Waals surface area contributed by atoms with E-state index in [4.69, 9.17) is 0 Å². The summed E-state index contributed by atoms with van der Waals surface area (Å²) in [6.45, 7) is 6.22. The Morgan fingerprint density at radius 3 is 2.10 bits per heavy atom. The average Bonchev–Trinajstić information content (AvgIpc) is 3.27. The van der Waals surface area contributed by atoms with Crippen LogP contribution in [0.1, 0.15) is 21.5 Å². The summed E-state index contributed by atoms with van der Waals surface area (Å²) in [6, 6.07) is 15.7. The van der Waals surface area contributed by atoms with E-state index in [2.05, 4.69) is 10.2 Å². The molecule has 0 saturated carbocycles. The molecule has 0 bridgehead atoms. The van der Waals surface area contributed by atoms with E-state index >= 15 is 0 Å². The summed E-state index contributed by atoms with van der Waals surface area (Å²) in [4.78, 5) is 29.0. The quantitative estimate of drug-likeness (QED) is 0.576. The molecule has 2 amide bonds. The minimum absolute atomic E-state index is 0.0210. The third-order valence-electron chi connectivity index (χ3n) is 5.37. The molecule has 1 aromatic heterocycles. The molecule has 1 fully saturated rings. The van der Waals surface area contributed by atoms with Crippen LogP contribution in [0, 0.1) is 13.8 Å². The SMILES string of the molecule is Cc1ccc(C(=O)N2CCN(C(=O)CSc3nncn3-c3ccc(C)cc3)CC2)cc1. The maximum Gasteiger partial charge on any atom is 0.253 e. The largest absolute Gasteiger partial charge is 0.338 e. The van der Waals surface area contributed by atoms with Gasteiger partial charge in [0.15, 0.2) is 5.16 Å². The molecule has 8 heteroatoms. The number of nitrogens with zero attached hydrogens (tertiary/aromatic N) is 5. The molecular weight excluding hydrogens is 410 g/mol. The summed E-state index contributed by atoms with van der Waals surface area (Å²) in [6.07, 6.45) is 1.66. The highest BCUT2D eigenvalue weighted by Gasteiger charge is 2.25. The van der Waals surface area contributed by atoms with Crippen molar-refractivity contribution >= 4 is 23.6 Å². The Morgan fingerprint density at radius 2 is 1.45 bits per heavy atom. The highest BCUT2D eigenvalue weighted by atomic mass is 32.2. The van der Waals surface area contributed by atoms with Gasteiger partial charge in [-0.05, 0) is 38.1 Å². The van der Waals surface area contributed by atoms with Crippen LogP contribution in [-0.2, 0) is 4.79 Å². The number of aromatic nitrogens is 3. The second kappa shape index (κ2) is 9.34. The molecule has 0 spiro atoms. The number of amides is 2. The first-order valence-corrected chi connectivity index (χ1v) is 11.2. The van der Waals surface area contributed by atoms with Crippen molar-refractivity contribution in [3.63, 3.8) is 0 Å². The van der Waals surface area contributed by atoms with Crippen molar-refractivity contribution in [2.75, 3.05) is 31.9 Å². The van der Waals surface area contributed by atoms with Gasteiger partial charge in [0.25, 0.3) is 5.91 Å². The summed E-state index contributed by atoms with van der Waals surface area (Å²) in [5.41, 5.74) is 3.97. The smallest absolute Gasteiger partial charge is 0.253 e. The van der Waals surface area contributed by atoms with Crippen molar-refractivity contribution in [3.05, 3.63) is 71.5 Å². The van der Waals surface area contributed by atoms with Crippen molar-refractivity contribution in [2.45, 2.75) is 19.0 Å². The second-order valence-electron chi connectivity index (χ2n) is 7.65. The molecule has 0 atom stereocenters. The molecule has 0 aliphatic carbocycles. The lowest BCUT2D eigenvalue weighted by Crippen LogP contribution is -2.51. The Hall–Kier alpha value is -3.13. The van der Waals surface area contributed by atoms with E-state index < -0.39 is 0 Å². The number of benzene rings is 2. The van der Waals surface area contributed by atoms with Crippen LogP contribution in [0.3, 0.4) is 0 Å². The van der Waals surface area contributed by atoms with Crippen LogP contribution >= 0.6 is 11.8 Å². The Kier molecular flexibility index (Phi) is 6.36. The number of aryl methyl sites for hydroxylation is 2. The van der Waals surface area contributed by atoms with Crippen molar-refractivity contribution < 1.29 is 9.59 Å². The molecule has 1 aliphatic rings. The van der Waals surface area contributed by atoms with Gasteiger partial charge < -0.3 is 9.80 Å². The van der Waals surface area contributed by atoms with Crippen LogP contribution < -0.4 is 0 Å². The van der Waals surface area contributed by atoms with Gasteiger partial charge in [0.1, 0.15) is 6.33 Å². The molecule has 2 heterocycles. The third-order valence-corrected chi connectivity index (χ3v) is 6.30. The fourth-order valence-electron chi connectivity index (χ4n) is 3.46. The van der Waals surface area contributed by atoms with E-state index in [1.807, 2.05) is 76.7 Å². The third kappa shape index (κ3) is 4.96. The maximum atomic E-state index is 12.7. The fraction of sp³-hybridized carbons (Fsp3) is 0.304. The van der Waals surface area contributed by atoms with Gasteiger partial charge in [-0.25, -0.2) is 0 Å². The second-order valence-corrected chi connectivity index (χ2v) is 8.59. The standard InChI is InChI=1S/C23H25N5O2S/c1-17-3-7-19(8-4-17)22(30)27-13-11-26(12-14-27)21(29)15-31-23-25-24-16-28(23)20-9-5-18(2)6-10-20/h3-10,16H,11-15H2,1-2H3. The van der Waals surface area contributed by atoms with Crippen LogP contribution in [-0.4, -0.2) is 68.3 Å². The lowest BCUT2D eigenvalue weighted by Gasteiger charge is -2.34. The summed E-state index contributed by atoms with van der Waals surface area (Å²) in [5, 5.41) is 8.84. The molecule has 3 aromatic rings. The Morgan fingerprint density at radius 1 is 0.871 bits per heavy atom. The lowest BCUT2D eigenvalue weighted by molar-refractivity contribution is -0.129. The molecule has 0 unspecified atom stereocenters. The van der Waals surface area contributed by atoms with Gasteiger partial charge in [0, 0.05) is 37.4 Å². The molecule has 0 radical (unpaired) electrons. The summed E-state index contributed by atoms with van der Waals surface area (Å²) in [5.74, 6) is 0.356. The molecule has 1 saturated heterocycles. The molecule has 31 heavy (non-hydrogen) atoms. The molecular formula is C23H25N5O2S. The van der Waals surface area contributed by atoms with Gasteiger partial charge in [0.05, 0.1) is 5.75 Å². The maximum absolute atomic E-state index is 12.7. The predicted molar refractivity (Wildman–Crippen MR) is 120 cm³/mol. The molecule has 1 aliphatic heterocycles. The number of piperazine rings is 1. The van der Waals surface area contributed by atoms with E-state index in [9.17, 15) is 9.59 Å². The van der Waals surface area contributed by atoms with Crippen molar-refractivity contribution in [3.8, 4) is 5.69 Å². The molecule has 4 rings (SSSR count). The van der Waals surface area contributed by atoms with Gasteiger partial charge >= 0.3 is 0 Å². The first kappa shape index (κ1) is 21.1. The van der Waals surface area contributed by atoms with E-state index in [0.29, 0.717) is 36.9 Å². The Balaban J connectivity index is 1.30. The van der Waals surface area contributed by atoms with Crippen LogP contribution in [0.4, 0.5) is 0 Å². The highest BCUT2D eigenvalue weighted by Crippen LogP contribution is 2.20. The molecule has 7 nitrogen and oxygen atoms in total. The zero-order valence-corrected chi connectivity index (χ0v) is 18.5. The number of rotatable bonds is 5. The van der Waals surface area contributed by atoms with E-state index in [1.165, 1.54) is 17.3 Å². The lowest BCUT2D eigenvalue weighted by atomic mass is 10.1. The Labute approximate surface area is 186 Å². The Bertz CT molecular complexity index is 1050. The first-order valence-electron chi connectivity index (χ1n) is 10.2. The van der Waals surface area contributed by atoms with Gasteiger partial charge in [-0.3, -0.25) is 14.2 Å². The number of hydrogen-bond acceptors (Lipinski definition) is 5. The average molecular weight is 436 g/mol. The van der Waals surface area contributed by atoms with Gasteiger partial charge in [-0.2, -0.15) is 0 Å². The fourth-order valence-corrected chi connectivity index (χ4v) is 4.29. The summed E-state index contributed by atoms with van der Waals surface area (Å²) in [7, 11) is 0. The monoisotopic (exact) mass is 435 g/mol. The van der Waals surface area contributed by atoms with Crippen LogP contribution in [0.5, 0.6) is 0 Å². The van der Waals surface area contributed by atoms with E-state index in [0.717, 1.165) is 11.3 Å². The summed E-state index contributed by atoms with van der Waals surface area (Å²) >= 11 is 1.38. The minimum atomic E-state index is 0.0210. The van der Waals surface area contributed by atoms with Crippen LogP contribution in [0.25, 0.3) is 5.69 Å². The van der Waals surface area contributed by atoms with Gasteiger partial charge in [-0.15, -0.1) is 10.2 Å². The number of carbonyl (C=O) groups is 2.